The van der Waals surface area contributed by atoms with Crippen LogP contribution in [0.4, 0.5) is 0 Å². The first-order valence-corrected chi connectivity index (χ1v) is 20.4. The van der Waals surface area contributed by atoms with Gasteiger partial charge in [0.05, 0.1) is 35.6 Å². The zero-order chi connectivity index (χ0) is 39.8. The maximum absolute atomic E-state index is 10.0. The summed E-state index contributed by atoms with van der Waals surface area (Å²) in [4.78, 5) is 10.8. The van der Waals surface area contributed by atoms with E-state index in [1.54, 1.807) is 0 Å². The third kappa shape index (κ3) is 7.96. The van der Waals surface area contributed by atoms with Crippen molar-refractivity contribution in [2.45, 2.75) is 51.9 Å². The van der Waals surface area contributed by atoms with Crippen LogP contribution in [-0.4, -0.2) is 11.5 Å². The van der Waals surface area contributed by atoms with Crippen LogP contribution in [0.15, 0.2) is 192 Å². The average molecular weight is 754 g/mol. The number of ether oxygens (including phenoxy) is 1. The van der Waals surface area contributed by atoms with E-state index in [1.807, 2.05) is 42.5 Å². The zero-order valence-electron chi connectivity index (χ0n) is 33.3. The Labute approximate surface area is 342 Å². The van der Waals surface area contributed by atoms with Crippen molar-refractivity contribution in [3.8, 4) is 39.4 Å². The van der Waals surface area contributed by atoms with E-state index in [-0.39, 0.29) is 24.2 Å². The summed E-state index contributed by atoms with van der Waals surface area (Å²) in [5.74, 6) is 0.794. The molecule has 0 bridgehead atoms. The second-order valence-electron chi connectivity index (χ2n) is 14.9. The fraction of sp³-hybridized carbons (Fsp3) is 0.167. The zero-order valence-corrected chi connectivity index (χ0v) is 33.3. The van der Waals surface area contributed by atoms with E-state index in [4.69, 9.17) is 14.7 Å². The lowest BCUT2D eigenvalue weighted by atomic mass is 9.79. The Balaban J connectivity index is 1.25. The quantitative estimate of drug-likeness (QED) is 0.125. The molecule has 0 fully saturated rings. The molecule has 1 heterocycles. The van der Waals surface area contributed by atoms with Gasteiger partial charge in [0.15, 0.2) is 5.84 Å². The summed E-state index contributed by atoms with van der Waals surface area (Å²) in [6, 6.07) is 65.6. The minimum absolute atomic E-state index is 0.0192. The lowest BCUT2D eigenvalue weighted by Crippen LogP contribution is -2.28. The number of nitrogens with zero attached hydrogens (tertiary/aromatic N) is 3. The summed E-state index contributed by atoms with van der Waals surface area (Å²) in [5, 5.41) is 10.0. The van der Waals surface area contributed by atoms with Gasteiger partial charge in [-0.3, -0.25) is 4.99 Å². The molecule has 0 aromatic heterocycles. The average Bonchev–Trinajstić information content (AvgIpc) is 3.31. The van der Waals surface area contributed by atoms with Gasteiger partial charge in [-0.25, -0.2) is 4.99 Å². The molecule has 0 spiro atoms. The van der Waals surface area contributed by atoms with Crippen LogP contribution in [0.25, 0.3) is 33.4 Å². The maximum Gasteiger partial charge on any atom is 0.155 e. The molecule has 58 heavy (non-hydrogen) atoms. The number of amidine groups is 1. The molecule has 0 amide bonds. The van der Waals surface area contributed by atoms with Crippen LogP contribution in [0.1, 0.15) is 85.2 Å². The van der Waals surface area contributed by atoms with Gasteiger partial charge in [0.1, 0.15) is 0 Å². The van der Waals surface area contributed by atoms with E-state index < -0.39 is 0 Å². The van der Waals surface area contributed by atoms with Crippen LogP contribution >= 0.6 is 0 Å². The molecule has 4 heteroatoms. The predicted molar refractivity (Wildman–Crippen MR) is 239 cm³/mol. The largest absolute Gasteiger partial charge is 0.366 e. The minimum Gasteiger partial charge on any atom is -0.366 e. The third-order valence-corrected chi connectivity index (χ3v) is 11.3. The van der Waals surface area contributed by atoms with Crippen LogP contribution in [-0.2, 0) is 4.74 Å². The molecule has 0 N–H and O–H groups in total. The van der Waals surface area contributed by atoms with E-state index in [2.05, 4.69) is 166 Å². The van der Waals surface area contributed by atoms with Crippen molar-refractivity contribution >= 4 is 11.5 Å². The molecule has 4 unspecified atom stereocenters. The molecule has 0 saturated heterocycles. The highest BCUT2D eigenvalue weighted by Gasteiger charge is 2.33. The molecular formula is C54H47N3O. The van der Waals surface area contributed by atoms with Crippen molar-refractivity contribution in [2.24, 2.45) is 15.9 Å². The predicted octanol–water partition coefficient (Wildman–Crippen LogP) is 13.8. The first kappa shape index (κ1) is 38.2. The molecule has 0 radical (unpaired) electrons. The van der Waals surface area contributed by atoms with Crippen molar-refractivity contribution in [2.75, 3.05) is 0 Å². The SMILES string of the molecule is CCC(OC(C)c1ccc(-c2cccc(-c3ccccc3C3=NC(c4ccccc4)=NC(c4ccccc4)C3CC)c2-c2cccc(C#N)c2)cc1)c1ccccc1. The Bertz CT molecular complexity index is 2590. The van der Waals surface area contributed by atoms with Gasteiger partial charge in [-0.05, 0) is 82.0 Å². The molecule has 0 saturated carbocycles. The monoisotopic (exact) mass is 753 g/mol. The van der Waals surface area contributed by atoms with E-state index in [9.17, 15) is 5.26 Å². The van der Waals surface area contributed by atoms with E-state index in [0.29, 0.717) is 5.56 Å². The van der Waals surface area contributed by atoms with Crippen LogP contribution < -0.4 is 0 Å². The molecule has 8 rings (SSSR count). The highest BCUT2D eigenvalue weighted by molar-refractivity contribution is 6.18. The summed E-state index contributed by atoms with van der Waals surface area (Å²) in [5.41, 5.74) is 13.6. The molecule has 284 valence electrons. The second kappa shape index (κ2) is 17.6. The number of hydrogen-bond acceptors (Lipinski definition) is 4. The fourth-order valence-electron chi connectivity index (χ4n) is 8.31. The summed E-state index contributed by atoms with van der Waals surface area (Å²) in [6.45, 7) is 6.54. The Kier molecular flexibility index (Phi) is 11.6. The van der Waals surface area contributed by atoms with Gasteiger partial charge in [0, 0.05) is 17.0 Å². The van der Waals surface area contributed by atoms with Crippen LogP contribution in [0.3, 0.4) is 0 Å². The summed E-state index contributed by atoms with van der Waals surface area (Å²) in [7, 11) is 0. The van der Waals surface area contributed by atoms with Crippen molar-refractivity contribution in [1.29, 1.82) is 5.26 Å². The smallest absolute Gasteiger partial charge is 0.155 e. The summed E-state index contributed by atoms with van der Waals surface area (Å²) in [6.07, 6.45) is 1.69. The van der Waals surface area contributed by atoms with Gasteiger partial charge < -0.3 is 4.74 Å². The number of rotatable bonds is 12. The minimum atomic E-state index is -0.0924. The van der Waals surface area contributed by atoms with E-state index in [1.165, 1.54) is 11.1 Å². The molecular weight excluding hydrogens is 707 g/mol. The number of benzene rings is 7. The molecule has 4 nitrogen and oxygen atoms in total. The standard InChI is InChI=1S/C54H47N3O/c1-4-45-52(42-22-11-7-12-23-42)56-54(43-24-13-8-14-25-43)57-53(45)49-28-16-15-27-47(49)48-30-18-29-46(51(48)44-26-17-19-38(35-44)36-55)40-33-31-39(32-34-40)37(3)58-50(5-2)41-20-9-6-10-21-41/h6-35,37,45,50,52H,4-5H2,1-3H3. The summed E-state index contributed by atoms with van der Waals surface area (Å²) < 4.78 is 6.62. The van der Waals surface area contributed by atoms with Crippen molar-refractivity contribution in [3.05, 3.63) is 215 Å². The molecule has 0 aliphatic carbocycles. The van der Waals surface area contributed by atoms with Crippen molar-refractivity contribution in [3.63, 3.8) is 0 Å². The van der Waals surface area contributed by atoms with E-state index >= 15 is 0 Å². The third-order valence-electron chi connectivity index (χ3n) is 11.3. The first-order valence-electron chi connectivity index (χ1n) is 20.4. The van der Waals surface area contributed by atoms with Crippen LogP contribution in [0.5, 0.6) is 0 Å². The second-order valence-corrected chi connectivity index (χ2v) is 14.9. The molecule has 1 aliphatic heterocycles. The lowest BCUT2D eigenvalue weighted by Gasteiger charge is -2.31. The highest BCUT2D eigenvalue weighted by atomic mass is 16.5. The van der Waals surface area contributed by atoms with Gasteiger partial charge in [-0.2, -0.15) is 5.26 Å². The van der Waals surface area contributed by atoms with Gasteiger partial charge in [0.25, 0.3) is 0 Å². The van der Waals surface area contributed by atoms with Gasteiger partial charge in [-0.1, -0.05) is 184 Å². The van der Waals surface area contributed by atoms with Gasteiger partial charge >= 0.3 is 0 Å². The first-order chi connectivity index (χ1) is 28.6. The van der Waals surface area contributed by atoms with Crippen LogP contribution in [0, 0.1) is 17.2 Å². The number of aliphatic imine (C=N–C) groups is 2. The van der Waals surface area contributed by atoms with Crippen molar-refractivity contribution in [1.82, 2.24) is 0 Å². The number of nitriles is 1. The maximum atomic E-state index is 10.0. The normalized spacial score (nSPS) is 16.1. The lowest BCUT2D eigenvalue weighted by molar-refractivity contribution is -0.00702. The number of hydrogen-bond donors (Lipinski definition) is 0. The Hall–Kier alpha value is -6.67. The van der Waals surface area contributed by atoms with Gasteiger partial charge in [0.2, 0.25) is 0 Å². The van der Waals surface area contributed by atoms with Crippen LogP contribution in [0.2, 0.25) is 0 Å². The molecule has 7 aromatic rings. The highest BCUT2D eigenvalue weighted by Crippen LogP contribution is 2.44. The topological polar surface area (TPSA) is 57.7 Å². The van der Waals surface area contributed by atoms with Gasteiger partial charge in [-0.15, -0.1) is 0 Å². The Morgan fingerprint density at radius 2 is 1.19 bits per heavy atom. The molecule has 4 atom stereocenters. The fourth-order valence-corrected chi connectivity index (χ4v) is 8.31. The Morgan fingerprint density at radius 1 is 0.586 bits per heavy atom. The summed E-state index contributed by atoms with van der Waals surface area (Å²) >= 11 is 0. The van der Waals surface area contributed by atoms with E-state index in [0.717, 1.165) is 74.5 Å². The molecule has 7 aromatic carbocycles. The molecule has 1 aliphatic rings. The Morgan fingerprint density at radius 3 is 1.88 bits per heavy atom. The van der Waals surface area contributed by atoms with Crippen molar-refractivity contribution < 1.29 is 4.74 Å².